The molecule has 1 atom stereocenters. The minimum Gasteiger partial charge on any atom is -0.350 e. The lowest BCUT2D eigenvalue weighted by Crippen LogP contribution is -2.41. The van der Waals surface area contributed by atoms with Crippen LogP contribution in [0.5, 0.6) is 0 Å². The Balaban J connectivity index is 1.30. The summed E-state index contributed by atoms with van der Waals surface area (Å²) in [5.41, 5.74) is 3.33. The first-order valence-corrected chi connectivity index (χ1v) is 12.2. The standard InChI is InChI=1S/C27H27F2N5O2/c1-33-16-22(18-6-10-34(11-7-18)26(36)19-4-8-27(28,29)14-19)21-13-20(2-3-24(21)33)32-25(35)23-12-17(15-30)5-9-31-23/h2-3,5,9,12-13,16,18-19H,4,6-8,10-11,14H2,1H3,(H,32,35). The number of pyridine rings is 1. The molecule has 1 aromatic carbocycles. The van der Waals surface area contributed by atoms with E-state index in [1.54, 1.807) is 11.0 Å². The number of hydrogen-bond donors (Lipinski definition) is 1. The molecule has 0 bridgehead atoms. The molecule has 0 radical (unpaired) electrons. The molecule has 36 heavy (non-hydrogen) atoms. The number of nitrogens with zero attached hydrogens (tertiary/aromatic N) is 4. The third-order valence-corrected chi connectivity index (χ3v) is 7.40. The molecule has 2 amide bonds. The number of piperidine rings is 1. The average Bonchev–Trinajstić information content (AvgIpc) is 3.42. The molecular formula is C27H27F2N5O2. The molecule has 0 spiro atoms. The molecule has 1 unspecified atom stereocenters. The van der Waals surface area contributed by atoms with Crippen LogP contribution in [0.1, 0.15) is 59.6 Å². The van der Waals surface area contributed by atoms with Crippen LogP contribution in [0.4, 0.5) is 14.5 Å². The summed E-state index contributed by atoms with van der Waals surface area (Å²) in [4.78, 5) is 31.3. The van der Waals surface area contributed by atoms with Crippen molar-refractivity contribution in [3.05, 3.63) is 59.5 Å². The largest absolute Gasteiger partial charge is 0.350 e. The average molecular weight is 492 g/mol. The van der Waals surface area contributed by atoms with Gasteiger partial charge in [-0.2, -0.15) is 5.26 Å². The van der Waals surface area contributed by atoms with Gasteiger partial charge in [-0.15, -0.1) is 0 Å². The van der Waals surface area contributed by atoms with Crippen molar-refractivity contribution >= 4 is 28.4 Å². The summed E-state index contributed by atoms with van der Waals surface area (Å²) < 4.78 is 29.2. The van der Waals surface area contributed by atoms with Crippen molar-refractivity contribution in [2.45, 2.75) is 43.9 Å². The van der Waals surface area contributed by atoms with E-state index in [2.05, 4.69) is 16.5 Å². The number of likely N-dealkylation sites (tertiary alicyclic amines) is 1. The number of anilines is 1. The van der Waals surface area contributed by atoms with Gasteiger partial charge in [0.25, 0.3) is 5.91 Å². The minimum atomic E-state index is -2.72. The van der Waals surface area contributed by atoms with Crippen LogP contribution in [0.2, 0.25) is 0 Å². The van der Waals surface area contributed by atoms with Crippen LogP contribution in [0, 0.1) is 17.2 Å². The zero-order chi connectivity index (χ0) is 25.4. The zero-order valence-electron chi connectivity index (χ0n) is 20.0. The molecule has 1 aliphatic carbocycles. The number of aromatic nitrogens is 2. The van der Waals surface area contributed by atoms with Crippen molar-refractivity contribution in [2.75, 3.05) is 18.4 Å². The molecule has 7 nitrogen and oxygen atoms in total. The number of nitriles is 1. The predicted octanol–water partition coefficient (Wildman–Crippen LogP) is 4.84. The van der Waals surface area contributed by atoms with E-state index in [9.17, 15) is 18.4 Å². The van der Waals surface area contributed by atoms with E-state index in [1.165, 1.54) is 12.3 Å². The summed E-state index contributed by atoms with van der Waals surface area (Å²) in [7, 11) is 1.97. The molecule has 2 aliphatic rings. The molecule has 2 fully saturated rings. The molecular weight excluding hydrogens is 464 g/mol. The lowest BCUT2D eigenvalue weighted by atomic mass is 9.88. The molecule has 2 aromatic heterocycles. The fraction of sp³-hybridized carbons (Fsp3) is 0.407. The van der Waals surface area contributed by atoms with Gasteiger partial charge in [0.05, 0.1) is 11.6 Å². The van der Waals surface area contributed by atoms with Crippen LogP contribution in [0.15, 0.2) is 42.7 Å². The number of benzene rings is 1. The highest BCUT2D eigenvalue weighted by Gasteiger charge is 2.44. The van der Waals surface area contributed by atoms with Gasteiger partial charge in [-0.3, -0.25) is 14.6 Å². The van der Waals surface area contributed by atoms with Crippen LogP contribution < -0.4 is 5.32 Å². The van der Waals surface area contributed by atoms with Crippen LogP contribution in [-0.2, 0) is 11.8 Å². The molecule has 3 heterocycles. The van der Waals surface area contributed by atoms with E-state index in [0.29, 0.717) is 24.3 Å². The number of nitrogens with one attached hydrogen (secondary N) is 1. The smallest absolute Gasteiger partial charge is 0.274 e. The lowest BCUT2D eigenvalue weighted by molar-refractivity contribution is -0.137. The van der Waals surface area contributed by atoms with Gasteiger partial charge in [0, 0.05) is 67.9 Å². The van der Waals surface area contributed by atoms with Crippen LogP contribution in [0.3, 0.4) is 0 Å². The number of halogens is 2. The van der Waals surface area contributed by atoms with E-state index < -0.39 is 17.7 Å². The zero-order valence-corrected chi connectivity index (χ0v) is 20.0. The Kier molecular flexibility index (Phi) is 6.20. The summed E-state index contributed by atoms with van der Waals surface area (Å²) in [6.45, 7) is 1.11. The van der Waals surface area contributed by atoms with Gasteiger partial charge >= 0.3 is 0 Å². The topological polar surface area (TPSA) is 91.0 Å². The summed E-state index contributed by atoms with van der Waals surface area (Å²) in [6.07, 6.45) is 4.77. The molecule has 1 aliphatic heterocycles. The van der Waals surface area contributed by atoms with Crippen molar-refractivity contribution < 1.29 is 18.4 Å². The highest BCUT2D eigenvalue weighted by atomic mass is 19.3. The number of fused-ring (bicyclic) bond motifs is 1. The third-order valence-electron chi connectivity index (χ3n) is 7.40. The molecule has 1 saturated carbocycles. The van der Waals surface area contributed by atoms with Crippen LogP contribution >= 0.6 is 0 Å². The van der Waals surface area contributed by atoms with Crippen LogP contribution in [0.25, 0.3) is 10.9 Å². The maximum Gasteiger partial charge on any atom is 0.274 e. The number of amides is 2. The van der Waals surface area contributed by atoms with E-state index in [4.69, 9.17) is 5.26 Å². The lowest BCUT2D eigenvalue weighted by Gasteiger charge is -2.33. The van der Waals surface area contributed by atoms with Gasteiger partial charge in [0.15, 0.2) is 0 Å². The normalized spacial score (nSPS) is 19.8. The predicted molar refractivity (Wildman–Crippen MR) is 131 cm³/mol. The Bertz CT molecular complexity index is 1370. The summed E-state index contributed by atoms with van der Waals surface area (Å²) in [6, 6.07) is 10.7. The Morgan fingerprint density at radius 2 is 1.94 bits per heavy atom. The van der Waals surface area contributed by atoms with Gasteiger partial charge in [0.1, 0.15) is 5.69 Å². The molecule has 9 heteroatoms. The van der Waals surface area contributed by atoms with Gasteiger partial charge in [-0.1, -0.05) is 0 Å². The Morgan fingerprint density at radius 3 is 2.64 bits per heavy atom. The number of alkyl halides is 2. The minimum absolute atomic E-state index is 0.136. The quantitative estimate of drug-likeness (QED) is 0.566. The number of hydrogen-bond acceptors (Lipinski definition) is 4. The van der Waals surface area contributed by atoms with E-state index in [1.807, 2.05) is 35.9 Å². The number of aryl methyl sites for hydroxylation is 1. The second-order valence-corrected chi connectivity index (χ2v) is 9.82. The Hall–Kier alpha value is -3.80. The second-order valence-electron chi connectivity index (χ2n) is 9.82. The number of carbonyl (C=O) groups excluding carboxylic acids is 2. The molecule has 1 N–H and O–H groups in total. The third kappa shape index (κ3) is 4.68. The highest BCUT2D eigenvalue weighted by molar-refractivity contribution is 6.04. The van der Waals surface area contributed by atoms with Gasteiger partial charge in [-0.25, -0.2) is 8.78 Å². The molecule has 186 valence electrons. The van der Waals surface area contributed by atoms with Crippen molar-refractivity contribution in [1.29, 1.82) is 5.26 Å². The first-order valence-electron chi connectivity index (χ1n) is 12.2. The Labute approximate surface area is 207 Å². The number of carbonyl (C=O) groups is 2. The van der Waals surface area contributed by atoms with Gasteiger partial charge < -0.3 is 14.8 Å². The first-order chi connectivity index (χ1) is 17.2. The maximum atomic E-state index is 13.6. The van der Waals surface area contributed by atoms with Crippen molar-refractivity contribution in [3.63, 3.8) is 0 Å². The van der Waals surface area contributed by atoms with Crippen molar-refractivity contribution in [1.82, 2.24) is 14.5 Å². The fourth-order valence-electron chi connectivity index (χ4n) is 5.47. The first kappa shape index (κ1) is 23.9. The molecule has 3 aromatic rings. The Morgan fingerprint density at radius 1 is 1.17 bits per heavy atom. The van der Waals surface area contributed by atoms with Gasteiger partial charge in [-0.05, 0) is 61.1 Å². The van der Waals surface area contributed by atoms with Gasteiger partial charge in [0.2, 0.25) is 11.8 Å². The fourth-order valence-corrected chi connectivity index (χ4v) is 5.47. The van der Waals surface area contributed by atoms with Crippen molar-refractivity contribution in [2.24, 2.45) is 13.0 Å². The summed E-state index contributed by atoms with van der Waals surface area (Å²) in [5.74, 6) is -3.59. The van der Waals surface area contributed by atoms with E-state index in [-0.39, 0.29) is 36.8 Å². The second kappa shape index (κ2) is 9.34. The van der Waals surface area contributed by atoms with Crippen molar-refractivity contribution in [3.8, 4) is 6.07 Å². The SMILES string of the molecule is Cn1cc(C2CCN(C(=O)C3CCC(F)(F)C3)CC2)c2cc(NC(=O)c3cc(C#N)ccn3)ccc21. The van der Waals surface area contributed by atoms with Crippen LogP contribution in [-0.4, -0.2) is 45.3 Å². The van der Waals surface area contributed by atoms with E-state index in [0.717, 1.165) is 29.3 Å². The maximum absolute atomic E-state index is 13.6. The summed E-state index contributed by atoms with van der Waals surface area (Å²) in [5, 5.41) is 13.0. The molecule has 1 saturated heterocycles. The number of rotatable bonds is 4. The van der Waals surface area contributed by atoms with E-state index >= 15 is 0 Å². The highest BCUT2D eigenvalue weighted by Crippen LogP contribution is 2.41. The summed E-state index contributed by atoms with van der Waals surface area (Å²) >= 11 is 0. The monoisotopic (exact) mass is 491 g/mol. The molecule has 5 rings (SSSR count).